The molecule has 4 rings (SSSR count). The normalized spacial score (nSPS) is 28.7. The van der Waals surface area contributed by atoms with Crippen LogP contribution >= 0.6 is 12.6 Å². The molecule has 5 heteroatoms. The van der Waals surface area contributed by atoms with E-state index in [2.05, 4.69) is 29.4 Å². The molecule has 0 N–H and O–H groups in total. The number of rotatable bonds is 2. The number of carbonyl (C=O) groups excluding carboxylic acids is 1. The third kappa shape index (κ3) is 1.91. The van der Waals surface area contributed by atoms with Crippen molar-refractivity contribution in [1.29, 1.82) is 0 Å². The van der Waals surface area contributed by atoms with Gasteiger partial charge in [-0.15, -0.1) is 0 Å². The first-order chi connectivity index (χ1) is 8.66. The van der Waals surface area contributed by atoms with Crippen molar-refractivity contribution in [2.24, 2.45) is 0 Å². The minimum atomic E-state index is 0.0725. The molecule has 3 aliphatic heterocycles. The lowest BCUT2D eigenvalue weighted by Gasteiger charge is -2.56. The molecule has 0 aliphatic carbocycles. The topological polar surface area (TPSA) is 36.4 Å². The van der Waals surface area contributed by atoms with Crippen molar-refractivity contribution in [3.05, 3.63) is 30.1 Å². The number of hydrogen-bond acceptors (Lipinski definition) is 4. The zero-order valence-electron chi connectivity index (χ0n) is 10.4. The van der Waals surface area contributed by atoms with E-state index in [1.54, 1.807) is 12.3 Å². The number of pyridine rings is 1. The third-order valence-corrected chi connectivity index (χ3v) is 4.20. The molecule has 4 heterocycles. The summed E-state index contributed by atoms with van der Waals surface area (Å²) >= 11 is 4.46. The van der Waals surface area contributed by atoms with Crippen LogP contribution in [0.2, 0.25) is 0 Å². The fraction of sp³-hybridized carbons (Fsp3) is 0.538. The van der Waals surface area contributed by atoms with Gasteiger partial charge in [0, 0.05) is 31.4 Å². The van der Waals surface area contributed by atoms with Crippen LogP contribution in [0.25, 0.3) is 0 Å². The van der Waals surface area contributed by atoms with E-state index >= 15 is 0 Å². The molecule has 3 unspecified atom stereocenters. The van der Waals surface area contributed by atoms with Crippen LogP contribution in [0.4, 0.5) is 0 Å². The number of nitrogens with zero attached hydrogens (tertiary/aromatic N) is 3. The summed E-state index contributed by atoms with van der Waals surface area (Å²) in [5.74, 6) is 0.0725. The Balaban J connectivity index is 1.72. The van der Waals surface area contributed by atoms with Crippen molar-refractivity contribution in [2.45, 2.75) is 30.8 Å². The van der Waals surface area contributed by atoms with Gasteiger partial charge in [0.05, 0.1) is 5.37 Å². The van der Waals surface area contributed by atoms with E-state index in [4.69, 9.17) is 0 Å². The summed E-state index contributed by atoms with van der Waals surface area (Å²) in [7, 11) is 0. The summed E-state index contributed by atoms with van der Waals surface area (Å²) in [5, 5.41) is 0.266. The monoisotopic (exact) mass is 263 g/mol. The van der Waals surface area contributed by atoms with Crippen LogP contribution in [0.1, 0.15) is 23.8 Å². The molecule has 0 saturated carbocycles. The standard InChI is InChI=1S/C13H17N3OS/c1-9(18)15-7-10-6-11(8-15)16(10)13(17)12-4-2-3-5-14-12/h2-5,9-11,18H,6-8H2,1H3. The lowest BCUT2D eigenvalue weighted by atomic mass is 9.87. The molecule has 3 atom stereocenters. The SMILES string of the molecule is CC(S)N1CC2CC(C1)N2C(=O)c1ccccn1. The molecule has 2 bridgehead atoms. The Hall–Kier alpha value is -1.07. The summed E-state index contributed by atoms with van der Waals surface area (Å²) in [4.78, 5) is 20.8. The van der Waals surface area contributed by atoms with E-state index in [9.17, 15) is 4.79 Å². The van der Waals surface area contributed by atoms with Gasteiger partial charge in [-0.1, -0.05) is 6.07 Å². The molecule has 3 fully saturated rings. The van der Waals surface area contributed by atoms with Gasteiger partial charge in [-0.05, 0) is 25.5 Å². The van der Waals surface area contributed by atoms with E-state index in [0.29, 0.717) is 17.8 Å². The van der Waals surface area contributed by atoms with Gasteiger partial charge in [-0.25, -0.2) is 0 Å². The highest BCUT2D eigenvalue weighted by Crippen LogP contribution is 2.34. The zero-order valence-corrected chi connectivity index (χ0v) is 11.3. The Morgan fingerprint density at radius 3 is 2.72 bits per heavy atom. The van der Waals surface area contributed by atoms with Crippen molar-refractivity contribution in [1.82, 2.24) is 14.8 Å². The smallest absolute Gasteiger partial charge is 0.273 e. The summed E-state index contributed by atoms with van der Waals surface area (Å²) in [6.07, 6.45) is 2.79. The van der Waals surface area contributed by atoms with Gasteiger partial charge in [0.2, 0.25) is 0 Å². The minimum absolute atomic E-state index is 0.0725. The fourth-order valence-corrected chi connectivity index (χ4v) is 3.09. The average molecular weight is 263 g/mol. The molecule has 1 amide bonds. The van der Waals surface area contributed by atoms with Gasteiger partial charge in [-0.3, -0.25) is 14.7 Å². The second-order valence-corrected chi connectivity index (χ2v) is 5.80. The fourth-order valence-electron chi connectivity index (χ4n) is 2.90. The average Bonchev–Trinajstić information content (AvgIpc) is 2.39. The van der Waals surface area contributed by atoms with Crippen molar-refractivity contribution in [2.75, 3.05) is 13.1 Å². The Labute approximate surface area is 112 Å². The second-order valence-electron chi connectivity index (χ2n) is 5.06. The maximum absolute atomic E-state index is 12.3. The van der Waals surface area contributed by atoms with Gasteiger partial charge in [0.15, 0.2) is 0 Å². The van der Waals surface area contributed by atoms with Crippen LogP contribution in [-0.4, -0.2) is 51.2 Å². The Morgan fingerprint density at radius 1 is 1.44 bits per heavy atom. The molecule has 1 aromatic rings. The first kappa shape index (κ1) is 12.0. The summed E-state index contributed by atoms with van der Waals surface area (Å²) in [5.41, 5.74) is 0.555. The number of amides is 1. The summed E-state index contributed by atoms with van der Waals surface area (Å²) in [6.45, 7) is 3.94. The Morgan fingerprint density at radius 2 is 2.17 bits per heavy atom. The highest BCUT2D eigenvalue weighted by Gasteiger charge is 2.47. The van der Waals surface area contributed by atoms with Gasteiger partial charge in [0.25, 0.3) is 5.91 Å². The van der Waals surface area contributed by atoms with E-state index in [-0.39, 0.29) is 11.3 Å². The Kier molecular flexibility index (Phi) is 3.03. The number of piperazine rings is 1. The predicted octanol–water partition coefficient (Wildman–Crippen LogP) is 1.26. The third-order valence-electron chi connectivity index (χ3n) is 3.87. The first-order valence-corrected chi connectivity index (χ1v) is 6.84. The summed E-state index contributed by atoms with van der Waals surface area (Å²) < 4.78 is 0. The van der Waals surface area contributed by atoms with Crippen molar-refractivity contribution in [3.8, 4) is 0 Å². The molecule has 0 spiro atoms. The van der Waals surface area contributed by atoms with Crippen LogP contribution < -0.4 is 0 Å². The number of carbonyl (C=O) groups is 1. The maximum Gasteiger partial charge on any atom is 0.273 e. The van der Waals surface area contributed by atoms with Crippen LogP contribution in [0, 0.1) is 0 Å². The molecule has 3 saturated heterocycles. The van der Waals surface area contributed by atoms with Crippen LogP contribution in [0.3, 0.4) is 0 Å². The van der Waals surface area contributed by atoms with E-state index < -0.39 is 0 Å². The predicted molar refractivity (Wildman–Crippen MR) is 72.6 cm³/mol. The zero-order chi connectivity index (χ0) is 12.7. The number of piperidine rings is 1. The van der Waals surface area contributed by atoms with Crippen molar-refractivity contribution < 1.29 is 4.79 Å². The molecular formula is C13H17N3OS. The number of hydrogen-bond donors (Lipinski definition) is 1. The highest BCUT2D eigenvalue weighted by molar-refractivity contribution is 7.80. The molecular weight excluding hydrogens is 246 g/mol. The molecule has 4 nitrogen and oxygen atoms in total. The molecule has 96 valence electrons. The quantitative estimate of drug-likeness (QED) is 0.816. The van der Waals surface area contributed by atoms with Gasteiger partial charge >= 0.3 is 0 Å². The second kappa shape index (κ2) is 4.55. The first-order valence-electron chi connectivity index (χ1n) is 6.32. The molecule has 1 aromatic heterocycles. The number of fused-ring (bicyclic) bond motifs is 2. The lowest BCUT2D eigenvalue weighted by molar-refractivity contribution is -0.0494. The number of thiol groups is 1. The van der Waals surface area contributed by atoms with Gasteiger partial charge in [0.1, 0.15) is 5.69 Å². The minimum Gasteiger partial charge on any atom is -0.329 e. The highest BCUT2D eigenvalue weighted by atomic mass is 32.1. The molecule has 3 aliphatic rings. The van der Waals surface area contributed by atoms with Crippen LogP contribution in [0.15, 0.2) is 24.4 Å². The molecule has 0 radical (unpaired) electrons. The molecule has 18 heavy (non-hydrogen) atoms. The van der Waals surface area contributed by atoms with Crippen molar-refractivity contribution in [3.63, 3.8) is 0 Å². The van der Waals surface area contributed by atoms with E-state index in [0.717, 1.165) is 19.5 Å². The lowest BCUT2D eigenvalue weighted by Crippen LogP contribution is -2.70. The van der Waals surface area contributed by atoms with Gasteiger partial charge in [-0.2, -0.15) is 12.6 Å². The van der Waals surface area contributed by atoms with Gasteiger partial charge < -0.3 is 4.90 Å². The molecule has 0 aromatic carbocycles. The Bertz CT molecular complexity index is 439. The van der Waals surface area contributed by atoms with Crippen LogP contribution in [-0.2, 0) is 0 Å². The summed E-state index contributed by atoms with van der Waals surface area (Å²) in [6, 6.07) is 6.16. The van der Waals surface area contributed by atoms with Crippen molar-refractivity contribution >= 4 is 18.5 Å². The number of aromatic nitrogens is 1. The van der Waals surface area contributed by atoms with E-state index in [1.165, 1.54) is 0 Å². The van der Waals surface area contributed by atoms with Crippen LogP contribution in [0.5, 0.6) is 0 Å². The maximum atomic E-state index is 12.3. The largest absolute Gasteiger partial charge is 0.329 e. The van der Waals surface area contributed by atoms with E-state index in [1.807, 2.05) is 17.0 Å².